The van der Waals surface area contributed by atoms with E-state index in [2.05, 4.69) is 0 Å². The van der Waals surface area contributed by atoms with Crippen molar-refractivity contribution in [2.75, 3.05) is 7.11 Å². The number of carbonyl (C=O) groups excluding carboxylic acids is 1. The molecule has 0 aliphatic heterocycles. The molecule has 0 bridgehead atoms. The highest BCUT2D eigenvalue weighted by Crippen LogP contribution is 2.38. The van der Waals surface area contributed by atoms with Crippen molar-refractivity contribution in [2.24, 2.45) is 0 Å². The minimum Gasteiger partial charge on any atom is -0.507 e. The van der Waals surface area contributed by atoms with E-state index in [1.165, 1.54) is 25.7 Å². The van der Waals surface area contributed by atoms with Gasteiger partial charge in [-0.25, -0.2) is 9.18 Å². The summed E-state index contributed by atoms with van der Waals surface area (Å²) >= 11 is 0. The summed E-state index contributed by atoms with van der Waals surface area (Å²) in [7, 11) is 1.29. The zero-order chi connectivity index (χ0) is 23.1. The number of ether oxygens (including phenoxy) is 2. The SMILES string of the molecule is COC(=O)c1c(/C=C/c2ccc(F)cc2)cc(OC2CCCCC2)c(CC=C(C)C)c1O. The minimum atomic E-state index is -0.621. The Balaban J connectivity index is 2.08. The van der Waals surface area contributed by atoms with Gasteiger partial charge >= 0.3 is 5.97 Å². The summed E-state index contributed by atoms with van der Waals surface area (Å²) < 4.78 is 24.5. The van der Waals surface area contributed by atoms with Gasteiger partial charge in [-0.05, 0) is 75.3 Å². The lowest BCUT2D eigenvalue weighted by Gasteiger charge is -2.25. The number of methoxy groups -OCH3 is 1. The lowest BCUT2D eigenvalue weighted by molar-refractivity contribution is 0.0597. The standard InChI is InChI=1S/C27H31FO4/c1-18(2)9-16-23-24(32-22-7-5-4-6-8-22)17-20(25(26(23)29)27(30)31-3)13-10-19-11-14-21(28)15-12-19/h9-15,17,22,29H,4-8,16H2,1-3H3/b13-10+. The second kappa shape index (κ2) is 11.0. The number of phenols is 1. The summed E-state index contributed by atoms with van der Waals surface area (Å²) in [4.78, 5) is 12.6. The molecule has 1 fully saturated rings. The minimum absolute atomic E-state index is 0.0894. The van der Waals surface area contributed by atoms with Crippen LogP contribution in [0.4, 0.5) is 4.39 Å². The second-order valence-corrected chi connectivity index (χ2v) is 8.41. The van der Waals surface area contributed by atoms with Gasteiger partial charge in [0.15, 0.2) is 0 Å². The molecule has 1 N–H and O–H groups in total. The third-order valence-corrected chi connectivity index (χ3v) is 5.67. The molecule has 0 aromatic heterocycles. The van der Waals surface area contributed by atoms with Gasteiger partial charge in [0, 0.05) is 5.56 Å². The number of halogens is 1. The molecule has 1 saturated carbocycles. The molecule has 170 valence electrons. The fourth-order valence-corrected chi connectivity index (χ4v) is 3.88. The summed E-state index contributed by atoms with van der Waals surface area (Å²) in [6.45, 7) is 3.97. The third kappa shape index (κ3) is 6.00. The monoisotopic (exact) mass is 438 g/mol. The van der Waals surface area contributed by atoms with Crippen LogP contribution in [0.15, 0.2) is 42.0 Å². The highest BCUT2D eigenvalue weighted by molar-refractivity contribution is 5.98. The molecule has 0 unspecified atom stereocenters. The molecule has 32 heavy (non-hydrogen) atoms. The van der Waals surface area contributed by atoms with Crippen molar-refractivity contribution in [1.29, 1.82) is 0 Å². The number of phenolic OH excluding ortho intramolecular Hbond substituents is 1. The fraction of sp³-hybridized carbons (Fsp3) is 0.370. The maximum Gasteiger partial charge on any atom is 0.342 e. The Labute approximate surface area is 189 Å². The predicted octanol–water partition coefficient (Wildman–Crippen LogP) is 6.71. The van der Waals surface area contributed by atoms with Gasteiger partial charge in [-0.2, -0.15) is 0 Å². The number of hydrogen-bond donors (Lipinski definition) is 1. The predicted molar refractivity (Wildman–Crippen MR) is 125 cm³/mol. The van der Waals surface area contributed by atoms with Crippen LogP contribution >= 0.6 is 0 Å². The Morgan fingerprint density at radius 1 is 1.12 bits per heavy atom. The normalized spacial score (nSPS) is 14.4. The first-order valence-electron chi connectivity index (χ1n) is 11.1. The van der Waals surface area contributed by atoms with Crippen LogP contribution in [0.2, 0.25) is 0 Å². The number of hydrogen-bond acceptors (Lipinski definition) is 4. The first-order valence-corrected chi connectivity index (χ1v) is 11.1. The molecule has 0 radical (unpaired) electrons. The molecule has 0 amide bonds. The van der Waals surface area contributed by atoms with E-state index in [9.17, 15) is 14.3 Å². The van der Waals surface area contributed by atoms with Gasteiger partial charge in [0.25, 0.3) is 0 Å². The van der Waals surface area contributed by atoms with Crippen LogP contribution < -0.4 is 4.74 Å². The molecule has 1 aliphatic carbocycles. The highest BCUT2D eigenvalue weighted by atomic mass is 19.1. The number of aromatic hydroxyl groups is 1. The Morgan fingerprint density at radius 3 is 2.44 bits per heavy atom. The van der Waals surface area contributed by atoms with Crippen molar-refractivity contribution in [3.63, 3.8) is 0 Å². The quantitative estimate of drug-likeness (QED) is 0.297. The Morgan fingerprint density at radius 2 is 1.81 bits per heavy atom. The van der Waals surface area contributed by atoms with Crippen molar-refractivity contribution in [2.45, 2.75) is 58.5 Å². The first kappa shape index (κ1) is 23.6. The zero-order valence-electron chi connectivity index (χ0n) is 19.0. The summed E-state index contributed by atoms with van der Waals surface area (Å²) in [5, 5.41) is 11.1. The average Bonchev–Trinajstić information content (AvgIpc) is 2.78. The van der Waals surface area contributed by atoms with Crippen LogP contribution in [0, 0.1) is 5.82 Å². The third-order valence-electron chi connectivity index (χ3n) is 5.67. The Hall–Kier alpha value is -3.08. The molecule has 3 rings (SSSR count). The second-order valence-electron chi connectivity index (χ2n) is 8.41. The molecule has 0 spiro atoms. The van der Waals surface area contributed by atoms with Gasteiger partial charge in [0.05, 0.1) is 13.2 Å². The lowest BCUT2D eigenvalue weighted by Crippen LogP contribution is -2.20. The van der Waals surface area contributed by atoms with Crippen molar-refractivity contribution in [1.82, 2.24) is 0 Å². The molecular formula is C27H31FO4. The van der Waals surface area contributed by atoms with Gasteiger partial charge in [0.1, 0.15) is 22.9 Å². The maximum atomic E-state index is 13.2. The number of carbonyl (C=O) groups is 1. The molecule has 0 atom stereocenters. The van der Waals surface area contributed by atoms with E-state index in [0.29, 0.717) is 23.3 Å². The average molecular weight is 439 g/mol. The van der Waals surface area contributed by atoms with Crippen molar-refractivity contribution < 1.29 is 23.8 Å². The van der Waals surface area contributed by atoms with E-state index in [4.69, 9.17) is 9.47 Å². The maximum absolute atomic E-state index is 13.2. The van der Waals surface area contributed by atoms with E-state index < -0.39 is 5.97 Å². The van der Waals surface area contributed by atoms with Crippen molar-refractivity contribution in [3.8, 4) is 11.5 Å². The van der Waals surface area contributed by atoms with Crippen molar-refractivity contribution >= 4 is 18.1 Å². The largest absolute Gasteiger partial charge is 0.507 e. The van der Waals surface area contributed by atoms with Gasteiger partial charge in [-0.15, -0.1) is 0 Å². The summed E-state index contributed by atoms with van der Waals surface area (Å²) in [5.74, 6) is -0.481. The summed E-state index contributed by atoms with van der Waals surface area (Å²) in [5.41, 5.74) is 3.04. The van der Waals surface area contributed by atoms with Gasteiger partial charge in [0.2, 0.25) is 0 Å². The van der Waals surface area contributed by atoms with Crippen LogP contribution in [0.5, 0.6) is 11.5 Å². The number of esters is 1. The van der Waals surface area contributed by atoms with Gasteiger partial charge in [-0.1, -0.05) is 42.4 Å². The summed E-state index contributed by atoms with van der Waals surface area (Å²) in [6, 6.07) is 7.84. The molecule has 4 nitrogen and oxygen atoms in total. The van der Waals surface area contributed by atoms with Gasteiger partial charge in [-0.3, -0.25) is 0 Å². The van der Waals surface area contributed by atoms with Crippen molar-refractivity contribution in [3.05, 3.63) is 70.1 Å². The smallest absolute Gasteiger partial charge is 0.342 e. The number of rotatable bonds is 7. The number of allylic oxidation sites excluding steroid dienone is 2. The lowest BCUT2D eigenvalue weighted by atomic mass is 9.95. The Bertz CT molecular complexity index is 995. The van der Waals surface area contributed by atoms with Crippen LogP contribution in [0.25, 0.3) is 12.2 Å². The first-order chi connectivity index (χ1) is 15.4. The van der Waals surface area contributed by atoms with Crippen LogP contribution in [0.1, 0.15) is 73.0 Å². The highest BCUT2D eigenvalue weighted by Gasteiger charge is 2.25. The van der Waals surface area contributed by atoms with E-state index in [0.717, 1.165) is 36.8 Å². The van der Waals surface area contributed by atoms with Crippen LogP contribution in [0.3, 0.4) is 0 Å². The molecule has 2 aromatic rings. The zero-order valence-corrected chi connectivity index (χ0v) is 19.0. The molecule has 5 heteroatoms. The van der Waals surface area contributed by atoms with E-state index in [1.807, 2.05) is 19.9 Å². The van der Waals surface area contributed by atoms with Gasteiger partial charge < -0.3 is 14.6 Å². The summed E-state index contributed by atoms with van der Waals surface area (Å²) in [6.07, 6.45) is 11.4. The fourth-order valence-electron chi connectivity index (χ4n) is 3.88. The van der Waals surface area contributed by atoms with Crippen LogP contribution in [-0.2, 0) is 11.2 Å². The molecule has 1 aliphatic rings. The van der Waals surface area contributed by atoms with E-state index >= 15 is 0 Å². The molecule has 2 aromatic carbocycles. The van der Waals surface area contributed by atoms with Crippen LogP contribution in [-0.4, -0.2) is 24.3 Å². The molecule has 0 heterocycles. The molecular weight excluding hydrogens is 407 g/mol. The topological polar surface area (TPSA) is 55.8 Å². The number of benzene rings is 2. The van der Waals surface area contributed by atoms with E-state index in [-0.39, 0.29) is 23.2 Å². The Kier molecular flexibility index (Phi) is 8.09. The molecule has 0 saturated heterocycles. The van der Waals surface area contributed by atoms with E-state index in [1.54, 1.807) is 30.4 Å².